The van der Waals surface area contributed by atoms with Crippen molar-refractivity contribution in [3.8, 4) is 5.75 Å². The zero-order valence-electron chi connectivity index (χ0n) is 10.5. The fourth-order valence-electron chi connectivity index (χ4n) is 2.70. The molecule has 19 heavy (non-hydrogen) atoms. The van der Waals surface area contributed by atoms with E-state index in [-0.39, 0.29) is 11.9 Å². The minimum Gasteiger partial charge on any atom is -0.492 e. The number of esters is 1. The molecule has 3 rings (SSSR count). The van der Waals surface area contributed by atoms with Crippen molar-refractivity contribution in [3.63, 3.8) is 0 Å². The number of rotatable bonds is 4. The maximum absolute atomic E-state index is 11.4. The monoisotopic (exact) mass is 281 g/mol. The number of carbonyl (C=O) groups is 1. The summed E-state index contributed by atoms with van der Waals surface area (Å²) in [4.78, 5) is 13.7. The van der Waals surface area contributed by atoms with E-state index < -0.39 is 0 Å². The van der Waals surface area contributed by atoms with Gasteiger partial charge in [-0.15, -0.1) is 0 Å². The predicted molar refractivity (Wildman–Crippen MR) is 71.3 cm³/mol. The number of hydrogen-bond donors (Lipinski definition) is 0. The smallest absolute Gasteiger partial charge is 0.310 e. The summed E-state index contributed by atoms with van der Waals surface area (Å²) in [5.74, 6) is 1.24. The first-order valence-electron chi connectivity index (χ1n) is 6.50. The van der Waals surface area contributed by atoms with E-state index in [1.807, 2.05) is 24.3 Å². The van der Waals surface area contributed by atoms with E-state index in [2.05, 4.69) is 4.90 Å². The quantitative estimate of drug-likeness (QED) is 0.789. The minimum atomic E-state index is -0.0360. The van der Waals surface area contributed by atoms with E-state index in [0.717, 1.165) is 25.4 Å². The summed E-state index contributed by atoms with van der Waals surface area (Å²) in [6, 6.07) is 7.34. The third-order valence-electron chi connectivity index (χ3n) is 3.75. The predicted octanol–water partition coefficient (Wildman–Crippen LogP) is 1.82. The summed E-state index contributed by atoms with van der Waals surface area (Å²) in [6.07, 6.45) is 0. The molecule has 0 unspecified atom stereocenters. The Kier molecular flexibility index (Phi) is 3.62. The van der Waals surface area contributed by atoms with Gasteiger partial charge in [-0.05, 0) is 24.3 Å². The van der Waals surface area contributed by atoms with Crippen molar-refractivity contribution in [1.29, 1.82) is 0 Å². The van der Waals surface area contributed by atoms with Crippen LogP contribution >= 0.6 is 11.6 Å². The Morgan fingerprint density at radius 2 is 2.11 bits per heavy atom. The zero-order valence-corrected chi connectivity index (χ0v) is 11.3. The van der Waals surface area contributed by atoms with Gasteiger partial charge < -0.3 is 9.47 Å². The van der Waals surface area contributed by atoms with E-state index in [0.29, 0.717) is 24.2 Å². The van der Waals surface area contributed by atoms with Crippen LogP contribution in [0.1, 0.15) is 0 Å². The second kappa shape index (κ2) is 5.39. The molecule has 0 amide bonds. The molecule has 0 spiro atoms. The molecule has 0 saturated carbocycles. The summed E-state index contributed by atoms with van der Waals surface area (Å²) in [5, 5.41) is 0.707. The van der Waals surface area contributed by atoms with Crippen LogP contribution in [0, 0.1) is 11.8 Å². The lowest BCUT2D eigenvalue weighted by Gasteiger charge is -2.16. The molecular formula is C14H16ClNO3. The first kappa shape index (κ1) is 12.8. The van der Waals surface area contributed by atoms with Crippen LogP contribution < -0.4 is 4.74 Å². The fourth-order valence-corrected chi connectivity index (χ4v) is 2.82. The Bertz CT molecular complexity index is 462. The molecule has 0 radical (unpaired) electrons. The van der Waals surface area contributed by atoms with Gasteiger partial charge in [0.25, 0.3) is 0 Å². The SMILES string of the molecule is O=C1OC[C@H]2CN(CCOc3ccc(Cl)cc3)C[C@@H]12. The summed E-state index contributed by atoms with van der Waals surface area (Å²) in [6.45, 7) is 3.77. The summed E-state index contributed by atoms with van der Waals surface area (Å²) in [5.41, 5.74) is 0. The van der Waals surface area contributed by atoms with Crippen LogP contribution in [-0.4, -0.2) is 43.7 Å². The Morgan fingerprint density at radius 3 is 2.84 bits per heavy atom. The van der Waals surface area contributed by atoms with Crippen molar-refractivity contribution < 1.29 is 14.3 Å². The summed E-state index contributed by atoms with van der Waals surface area (Å²) >= 11 is 5.81. The third-order valence-corrected chi connectivity index (χ3v) is 4.00. The Morgan fingerprint density at radius 1 is 1.32 bits per heavy atom. The standard InChI is InChI=1S/C14H16ClNO3/c15-11-1-3-12(4-2-11)18-6-5-16-7-10-9-19-14(17)13(10)8-16/h1-4,10,13H,5-9H2/t10-,13-/m1/s1. The van der Waals surface area contributed by atoms with Crippen molar-refractivity contribution in [2.75, 3.05) is 32.8 Å². The largest absolute Gasteiger partial charge is 0.492 e. The van der Waals surface area contributed by atoms with Gasteiger partial charge in [0.1, 0.15) is 12.4 Å². The van der Waals surface area contributed by atoms with Gasteiger partial charge in [0.05, 0.1) is 12.5 Å². The lowest BCUT2D eigenvalue weighted by Crippen LogP contribution is -2.28. The highest BCUT2D eigenvalue weighted by atomic mass is 35.5. The first-order valence-corrected chi connectivity index (χ1v) is 6.87. The molecule has 2 fully saturated rings. The summed E-state index contributed by atoms with van der Waals surface area (Å²) < 4.78 is 10.7. The molecule has 2 aliphatic rings. The number of ether oxygens (including phenoxy) is 2. The maximum atomic E-state index is 11.4. The third kappa shape index (κ3) is 2.85. The van der Waals surface area contributed by atoms with Gasteiger partial charge in [-0.3, -0.25) is 9.69 Å². The molecule has 1 aromatic carbocycles. The number of carbonyl (C=O) groups excluding carboxylic acids is 1. The first-order chi connectivity index (χ1) is 9.22. The molecule has 0 bridgehead atoms. The molecular weight excluding hydrogens is 266 g/mol. The van der Waals surface area contributed by atoms with Gasteiger partial charge in [-0.1, -0.05) is 11.6 Å². The molecule has 4 nitrogen and oxygen atoms in total. The van der Waals surface area contributed by atoms with Crippen LogP contribution in [0.4, 0.5) is 0 Å². The molecule has 1 aromatic rings. The van der Waals surface area contributed by atoms with E-state index in [1.165, 1.54) is 0 Å². The summed E-state index contributed by atoms with van der Waals surface area (Å²) in [7, 11) is 0. The van der Waals surface area contributed by atoms with Gasteiger partial charge in [0.15, 0.2) is 0 Å². The maximum Gasteiger partial charge on any atom is 0.310 e. The van der Waals surface area contributed by atoms with Crippen LogP contribution in [0.3, 0.4) is 0 Å². The molecule has 0 N–H and O–H groups in total. The van der Waals surface area contributed by atoms with E-state index in [1.54, 1.807) is 0 Å². The molecule has 0 aromatic heterocycles. The van der Waals surface area contributed by atoms with Crippen LogP contribution in [0.15, 0.2) is 24.3 Å². The van der Waals surface area contributed by atoms with Gasteiger partial charge in [-0.2, -0.15) is 0 Å². The van der Waals surface area contributed by atoms with Gasteiger partial charge in [0.2, 0.25) is 0 Å². The Labute approximate surface area is 117 Å². The highest BCUT2D eigenvalue weighted by Gasteiger charge is 2.43. The molecule has 102 valence electrons. The normalized spacial score (nSPS) is 26.3. The molecule has 2 heterocycles. The van der Waals surface area contributed by atoms with Crippen molar-refractivity contribution in [3.05, 3.63) is 29.3 Å². The number of nitrogens with zero attached hydrogens (tertiary/aromatic N) is 1. The average Bonchev–Trinajstić information content (AvgIpc) is 2.95. The Balaban J connectivity index is 1.44. The second-order valence-corrected chi connectivity index (χ2v) is 5.50. The van der Waals surface area contributed by atoms with Gasteiger partial charge >= 0.3 is 5.97 Å². The number of halogens is 1. The zero-order chi connectivity index (χ0) is 13.2. The van der Waals surface area contributed by atoms with E-state index in [4.69, 9.17) is 21.1 Å². The van der Waals surface area contributed by atoms with Gasteiger partial charge in [0, 0.05) is 30.6 Å². The van der Waals surface area contributed by atoms with E-state index in [9.17, 15) is 4.79 Å². The van der Waals surface area contributed by atoms with Crippen molar-refractivity contribution >= 4 is 17.6 Å². The lowest BCUT2D eigenvalue weighted by atomic mass is 10.0. The highest BCUT2D eigenvalue weighted by molar-refractivity contribution is 6.30. The molecule has 2 atom stereocenters. The van der Waals surface area contributed by atoms with Crippen molar-refractivity contribution in [2.24, 2.45) is 11.8 Å². The molecule has 2 aliphatic heterocycles. The molecule has 0 aliphatic carbocycles. The van der Waals surface area contributed by atoms with E-state index >= 15 is 0 Å². The number of fused-ring (bicyclic) bond motifs is 1. The van der Waals surface area contributed by atoms with Gasteiger partial charge in [-0.25, -0.2) is 0 Å². The molecule has 2 saturated heterocycles. The van der Waals surface area contributed by atoms with Crippen LogP contribution in [0.25, 0.3) is 0 Å². The van der Waals surface area contributed by atoms with Crippen LogP contribution in [0.2, 0.25) is 5.02 Å². The average molecular weight is 282 g/mol. The van der Waals surface area contributed by atoms with Crippen LogP contribution in [0.5, 0.6) is 5.75 Å². The lowest BCUT2D eigenvalue weighted by molar-refractivity contribution is -0.141. The van der Waals surface area contributed by atoms with Crippen molar-refractivity contribution in [2.45, 2.75) is 0 Å². The van der Waals surface area contributed by atoms with Crippen LogP contribution in [-0.2, 0) is 9.53 Å². The topological polar surface area (TPSA) is 38.8 Å². The van der Waals surface area contributed by atoms with Crippen molar-refractivity contribution in [1.82, 2.24) is 4.90 Å². The number of likely N-dealkylation sites (tertiary alicyclic amines) is 1. The molecule has 5 heteroatoms. The Hall–Kier alpha value is -1.26. The number of benzene rings is 1. The second-order valence-electron chi connectivity index (χ2n) is 5.06. The highest BCUT2D eigenvalue weighted by Crippen LogP contribution is 2.29. The fraction of sp³-hybridized carbons (Fsp3) is 0.500. The minimum absolute atomic E-state index is 0.0360. The number of cyclic esters (lactones) is 1. The number of hydrogen-bond acceptors (Lipinski definition) is 4.